The number of aliphatic hydroxyl groups excluding tert-OH is 1. The molecule has 3 aromatic rings. The van der Waals surface area contributed by atoms with Gasteiger partial charge >= 0.3 is 18.1 Å². The molecule has 0 spiro atoms. The Balaban J connectivity index is 0.000000676. The second kappa shape index (κ2) is 14.1. The Morgan fingerprint density at radius 3 is 2.41 bits per heavy atom. The van der Waals surface area contributed by atoms with Crippen molar-refractivity contribution in [3.63, 3.8) is 0 Å². The van der Waals surface area contributed by atoms with Crippen molar-refractivity contribution in [2.75, 3.05) is 45.9 Å². The van der Waals surface area contributed by atoms with Gasteiger partial charge < -0.3 is 40.0 Å². The molecule has 0 saturated carbocycles. The number of ether oxygens (including phenoxy) is 3. The van der Waals surface area contributed by atoms with Gasteiger partial charge in [0.2, 0.25) is 5.91 Å². The van der Waals surface area contributed by atoms with Crippen molar-refractivity contribution in [2.45, 2.75) is 18.8 Å². The Bertz CT molecular complexity index is 1560. The lowest BCUT2D eigenvalue weighted by Crippen LogP contribution is -2.45. The van der Waals surface area contributed by atoms with E-state index in [4.69, 9.17) is 29.8 Å². The normalized spacial score (nSPS) is 14.4. The van der Waals surface area contributed by atoms with E-state index >= 15 is 0 Å². The molecule has 0 aromatic heterocycles. The molecule has 4 rings (SSSR count). The fraction of sp³-hybridized carbons (Fsp3) is 0.310. The third kappa shape index (κ3) is 7.36. The monoisotopic (exact) mass is 621 g/mol. The van der Waals surface area contributed by atoms with Crippen molar-refractivity contribution in [1.82, 2.24) is 4.90 Å². The number of rotatable bonds is 7. The van der Waals surface area contributed by atoms with Gasteiger partial charge in [-0.3, -0.25) is 9.59 Å². The quantitative estimate of drug-likeness (QED) is 0.334. The first-order valence-electron chi connectivity index (χ1n) is 12.9. The highest BCUT2D eigenvalue weighted by Crippen LogP contribution is 2.38. The fourth-order valence-corrected chi connectivity index (χ4v) is 4.37. The second-order valence-electron chi connectivity index (χ2n) is 9.42. The molecule has 0 unspecified atom stereocenters. The Morgan fingerprint density at radius 1 is 1.14 bits per heavy atom. The maximum atomic E-state index is 13.4. The van der Waals surface area contributed by atoms with Crippen LogP contribution in [-0.2, 0) is 20.9 Å². The maximum absolute atomic E-state index is 13.4. The molecule has 44 heavy (non-hydrogen) atoms. The van der Waals surface area contributed by atoms with Crippen molar-refractivity contribution < 1.29 is 56.8 Å². The molecule has 0 radical (unpaired) electrons. The van der Waals surface area contributed by atoms with Crippen molar-refractivity contribution in [2.24, 2.45) is 5.73 Å². The highest BCUT2D eigenvalue weighted by Gasteiger charge is 2.38. The first-order valence-corrected chi connectivity index (χ1v) is 12.9. The van der Waals surface area contributed by atoms with Gasteiger partial charge in [-0.1, -0.05) is 18.2 Å². The van der Waals surface area contributed by atoms with Gasteiger partial charge in [-0.2, -0.15) is 13.2 Å². The molecule has 12 nitrogen and oxygen atoms in total. The minimum absolute atomic E-state index is 0.0745. The van der Waals surface area contributed by atoms with Gasteiger partial charge in [-0.05, 0) is 41.1 Å². The van der Waals surface area contributed by atoms with Crippen LogP contribution in [0.4, 0.5) is 18.9 Å². The van der Waals surface area contributed by atoms with E-state index in [1.165, 1.54) is 24.0 Å². The number of carbonyl (C=O) groups excluding carboxylic acids is 3. The summed E-state index contributed by atoms with van der Waals surface area (Å²) in [5.41, 5.74) is 7.90. The van der Waals surface area contributed by atoms with Crippen molar-refractivity contribution in [3.8, 4) is 11.5 Å². The smallest absolute Gasteiger partial charge is 0.490 e. The fourth-order valence-electron chi connectivity index (χ4n) is 4.37. The van der Waals surface area contributed by atoms with E-state index < -0.39 is 24.2 Å². The number of hydrogen-bond acceptors (Lipinski definition) is 9. The number of anilines is 1. The van der Waals surface area contributed by atoms with Crippen LogP contribution in [-0.4, -0.2) is 92.1 Å². The van der Waals surface area contributed by atoms with Gasteiger partial charge in [0.25, 0.3) is 5.91 Å². The molecule has 1 aliphatic heterocycles. The number of benzene rings is 3. The number of fused-ring (bicyclic) bond motifs is 2. The van der Waals surface area contributed by atoms with Gasteiger partial charge in [-0.25, -0.2) is 9.59 Å². The summed E-state index contributed by atoms with van der Waals surface area (Å²) >= 11 is 0. The molecule has 0 saturated heterocycles. The molecule has 1 aliphatic rings. The largest absolute Gasteiger partial charge is 0.496 e. The first kappa shape index (κ1) is 33.6. The van der Waals surface area contributed by atoms with Gasteiger partial charge in [0, 0.05) is 19.2 Å². The number of halogens is 3. The number of hydrogen-bond donors (Lipinski definition) is 3. The highest BCUT2D eigenvalue weighted by atomic mass is 19.4. The summed E-state index contributed by atoms with van der Waals surface area (Å²) in [4.78, 5) is 50.3. The summed E-state index contributed by atoms with van der Waals surface area (Å²) in [6.45, 7) is -0.0752. The zero-order chi connectivity index (χ0) is 32.8. The minimum Gasteiger partial charge on any atom is -0.496 e. The number of carboxylic acids is 1. The Kier molecular flexibility index (Phi) is 10.7. The van der Waals surface area contributed by atoms with Crippen LogP contribution in [0.2, 0.25) is 0 Å². The molecular weight excluding hydrogens is 591 g/mol. The number of esters is 1. The molecule has 15 heteroatoms. The van der Waals surface area contributed by atoms with E-state index in [9.17, 15) is 32.7 Å². The first-order chi connectivity index (χ1) is 20.7. The average molecular weight is 622 g/mol. The molecule has 1 atom stereocenters. The lowest BCUT2D eigenvalue weighted by Gasteiger charge is -2.26. The summed E-state index contributed by atoms with van der Waals surface area (Å²) in [5, 5.41) is 17.9. The van der Waals surface area contributed by atoms with Crippen LogP contribution < -0.4 is 20.1 Å². The zero-order valence-electron chi connectivity index (χ0n) is 23.9. The van der Waals surface area contributed by atoms with Crippen LogP contribution >= 0.6 is 0 Å². The molecule has 1 heterocycles. The molecule has 236 valence electrons. The van der Waals surface area contributed by atoms with Crippen LogP contribution in [0, 0.1) is 0 Å². The molecule has 0 aliphatic carbocycles. The third-order valence-electron chi connectivity index (χ3n) is 6.58. The minimum atomic E-state index is -5.08. The van der Waals surface area contributed by atoms with Crippen molar-refractivity contribution in [1.29, 1.82) is 0 Å². The van der Waals surface area contributed by atoms with Crippen LogP contribution in [0.3, 0.4) is 0 Å². The molecule has 4 N–H and O–H groups in total. The summed E-state index contributed by atoms with van der Waals surface area (Å²) in [6.07, 6.45) is -5.08. The van der Waals surface area contributed by atoms with Crippen LogP contribution in [0.15, 0.2) is 48.5 Å². The van der Waals surface area contributed by atoms with Gasteiger partial charge in [0.05, 0.1) is 44.2 Å². The molecular formula is C29H30F3N3O9. The number of likely N-dealkylation sites (N-methyl/N-ethyl adjacent to an activating group) is 1. The predicted octanol–water partition coefficient (Wildman–Crippen LogP) is 2.59. The van der Waals surface area contributed by atoms with E-state index in [-0.39, 0.29) is 49.4 Å². The lowest BCUT2D eigenvalue weighted by atomic mass is 10.00. The number of amides is 2. The third-order valence-corrected chi connectivity index (χ3v) is 6.58. The predicted molar refractivity (Wildman–Crippen MR) is 151 cm³/mol. The standard InChI is InChI=1S/C27H29N3O7.C2HF3O2/c1-29(11-12-31)25(32)19-5-4-6-22-24(19)37-15-21(28)26(33)30(22)14-20-18-9-7-17(27(34)36-3)13-16(18)8-10-23(20)35-2;3-2(4,5)1(6)7/h4-10,13,21,31H,11-12,14-15,28H2,1-3H3;(H,6,7)/t21-;/m0./s1. The molecule has 3 aromatic carbocycles. The second-order valence-corrected chi connectivity index (χ2v) is 9.42. The van der Waals surface area contributed by atoms with Crippen LogP contribution in [0.25, 0.3) is 10.8 Å². The number of aliphatic hydroxyl groups is 1. The number of carboxylic acid groups (broad SMARTS) is 1. The topological polar surface area (TPSA) is 169 Å². The number of para-hydroxylation sites is 1. The number of nitrogens with zero attached hydrogens (tertiary/aromatic N) is 2. The van der Waals surface area contributed by atoms with Gasteiger partial charge in [0.15, 0.2) is 5.75 Å². The van der Waals surface area contributed by atoms with E-state index in [1.807, 2.05) is 6.07 Å². The number of methoxy groups -OCH3 is 2. The summed E-state index contributed by atoms with van der Waals surface area (Å²) < 4.78 is 48.1. The van der Waals surface area contributed by atoms with Crippen LogP contribution in [0.5, 0.6) is 11.5 Å². The van der Waals surface area contributed by atoms with Crippen molar-refractivity contribution >= 4 is 40.2 Å². The zero-order valence-corrected chi connectivity index (χ0v) is 23.9. The molecule has 0 fully saturated rings. The van der Waals surface area contributed by atoms with Gasteiger partial charge in [-0.15, -0.1) is 0 Å². The number of aliphatic carboxylic acids is 1. The molecule has 0 bridgehead atoms. The average Bonchev–Trinajstić information content (AvgIpc) is 3.11. The highest BCUT2D eigenvalue weighted by molar-refractivity contribution is 6.05. The Hall–Kier alpha value is -4.89. The SMILES string of the molecule is COC(=O)c1ccc2c(CN3C(=O)[C@@H](N)COc4c(C(=O)N(C)CCO)cccc43)c(OC)ccc2c1.O=C(O)C(F)(F)F. The number of alkyl halides is 3. The van der Waals surface area contributed by atoms with E-state index in [0.717, 1.165) is 10.8 Å². The Labute approximate surface area is 249 Å². The number of nitrogens with two attached hydrogens (primary N) is 1. The van der Waals surface area contributed by atoms with Crippen LogP contribution in [0.1, 0.15) is 26.3 Å². The van der Waals surface area contributed by atoms with E-state index in [2.05, 4.69) is 0 Å². The van der Waals surface area contributed by atoms with Crippen molar-refractivity contribution in [3.05, 3.63) is 65.2 Å². The summed E-state index contributed by atoms with van der Waals surface area (Å²) in [5.74, 6) is -3.16. The maximum Gasteiger partial charge on any atom is 0.490 e. The summed E-state index contributed by atoms with van der Waals surface area (Å²) in [7, 11) is 4.43. The molecule has 2 amide bonds. The van der Waals surface area contributed by atoms with E-state index in [0.29, 0.717) is 22.6 Å². The van der Waals surface area contributed by atoms with Gasteiger partial charge in [0.1, 0.15) is 18.4 Å². The number of carbonyl (C=O) groups is 4. The Morgan fingerprint density at radius 2 is 1.82 bits per heavy atom. The summed E-state index contributed by atoms with van der Waals surface area (Å²) in [6, 6.07) is 12.8. The lowest BCUT2D eigenvalue weighted by molar-refractivity contribution is -0.192. The van der Waals surface area contributed by atoms with E-state index in [1.54, 1.807) is 49.5 Å².